The summed E-state index contributed by atoms with van der Waals surface area (Å²) in [6, 6.07) is 24.9. The second kappa shape index (κ2) is 12.2. The number of hydrogen-bond donors (Lipinski definition) is 1. The number of aliphatic carboxylic acids is 1. The number of rotatable bonds is 11. The number of allylic oxidation sites excluding steroid dienone is 1. The van der Waals surface area contributed by atoms with Crippen LogP contribution in [0, 0.1) is 0 Å². The Morgan fingerprint density at radius 1 is 0.912 bits per heavy atom. The SMILES string of the molecule is CCO[C@@H](Cc1ccc(OC/C=C(\C)c2ccc(-c3ccc(C(C)C)cc3)cc2)cc1)C(=O)O. The molecular formula is C30H34O4. The molecule has 0 saturated carbocycles. The molecule has 0 spiro atoms. The number of benzene rings is 3. The molecule has 4 heteroatoms. The third-order valence-corrected chi connectivity index (χ3v) is 5.88. The number of ether oxygens (including phenoxy) is 2. The van der Waals surface area contributed by atoms with Crippen LogP contribution in [0.2, 0.25) is 0 Å². The highest BCUT2D eigenvalue weighted by Crippen LogP contribution is 2.25. The monoisotopic (exact) mass is 458 g/mol. The number of carboxylic acid groups (broad SMARTS) is 1. The van der Waals surface area contributed by atoms with Crippen molar-refractivity contribution in [3.05, 3.63) is 95.6 Å². The highest BCUT2D eigenvalue weighted by Gasteiger charge is 2.17. The molecule has 0 unspecified atom stereocenters. The van der Waals surface area contributed by atoms with Gasteiger partial charge in [0, 0.05) is 13.0 Å². The Morgan fingerprint density at radius 2 is 1.50 bits per heavy atom. The van der Waals surface area contributed by atoms with Crippen LogP contribution in [0.25, 0.3) is 16.7 Å². The van der Waals surface area contributed by atoms with Crippen LogP contribution in [0.1, 0.15) is 50.3 Å². The first-order valence-corrected chi connectivity index (χ1v) is 11.8. The Labute approximate surface area is 202 Å². The van der Waals surface area contributed by atoms with Gasteiger partial charge in [0.2, 0.25) is 0 Å². The number of carboxylic acids is 1. The third kappa shape index (κ3) is 7.06. The van der Waals surface area contributed by atoms with E-state index >= 15 is 0 Å². The summed E-state index contributed by atoms with van der Waals surface area (Å²) in [5, 5.41) is 9.23. The summed E-state index contributed by atoms with van der Waals surface area (Å²) in [7, 11) is 0. The highest BCUT2D eigenvalue weighted by molar-refractivity contribution is 5.72. The van der Waals surface area contributed by atoms with E-state index < -0.39 is 12.1 Å². The van der Waals surface area contributed by atoms with Crippen molar-refractivity contribution >= 4 is 11.5 Å². The predicted molar refractivity (Wildman–Crippen MR) is 138 cm³/mol. The Morgan fingerprint density at radius 3 is 2.03 bits per heavy atom. The fraction of sp³-hybridized carbons (Fsp3) is 0.300. The molecule has 4 nitrogen and oxygen atoms in total. The molecule has 0 fully saturated rings. The Kier molecular flexibility index (Phi) is 9.06. The van der Waals surface area contributed by atoms with Crippen LogP contribution in [0.4, 0.5) is 0 Å². The number of carbonyl (C=O) groups is 1. The van der Waals surface area contributed by atoms with Crippen molar-refractivity contribution in [3.63, 3.8) is 0 Å². The number of hydrogen-bond acceptors (Lipinski definition) is 3. The predicted octanol–water partition coefficient (Wildman–Crippen LogP) is 6.99. The molecule has 1 atom stereocenters. The molecule has 178 valence electrons. The van der Waals surface area contributed by atoms with E-state index in [0.717, 1.165) is 22.4 Å². The van der Waals surface area contributed by atoms with Crippen molar-refractivity contribution in [2.24, 2.45) is 0 Å². The molecular weight excluding hydrogens is 424 g/mol. The van der Waals surface area contributed by atoms with Crippen molar-refractivity contribution in [1.29, 1.82) is 0 Å². The lowest BCUT2D eigenvalue weighted by Gasteiger charge is -2.12. The molecule has 3 aromatic carbocycles. The molecule has 0 saturated heterocycles. The second-order valence-electron chi connectivity index (χ2n) is 8.68. The van der Waals surface area contributed by atoms with Gasteiger partial charge in [-0.3, -0.25) is 0 Å². The van der Waals surface area contributed by atoms with Crippen LogP contribution in [-0.2, 0) is 16.0 Å². The molecule has 0 bridgehead atoms. The summed E-state index contributed by atoms with van der Waals surface area (Å²) in [5.74, 6) is 0.338. The second-order valence-corrected chi connectivity index (χ2v) is 8.68. The zero-order valence-electron chi connectivity index (χ0n) is 20.5. The van der Waals surface area contributed by atoms with Crippen molar-refractivity contribution in [1.82, 2.24) is 0 Å². The zero-order chi connectivity index (χ0) is 24.5. The lowest BCUT2D eigenvalue weighted by atomic mass is 9.97. The lowest BCUT2D eigenvalue weighted by Crippen LogP contribution is -2.26. The van der Waals surface area contributed by atoms with Gasteiger partial charge >= 0.3 is 5.97 Å². The van der Waals surface area contributed by atoms with Crippen molar-refractivity contribution in [3.8, 4) is 16.9 Å². The molecule has 3 rings (SSSR count). The zero-order valence-corrected chi connectivity index (χ0v) is 20.5. The minimum Gasteiger partial charge on any atom is -0.490 e. The molecule has 0 aliphatic heterocycles. The quantitative estimate of drug-likeness (QED) is 0.336. The van der Waals surface area contributed by atoms with E-state index in [4.69, 9.17) is 9.47 Å². The first kappa shape index (κ1) is 25.3. The molecule has 34 heavy (non-hydrogen) atoms. The highest BCUT2D eigenvalue weighted by atomic mass is 16.5. The molecule has 0 aliphatic carbocycles. The summed E-state index contributed by atoms with van der Waals surface area (Å²) >= 11 is 0. The van der Waals surface area contributed by atoms with Crippen molar-refractivity contribution in [2.45, 2.75) is 46.1 Å². The summed E-state index contributed by atoms with van der Waals surface area (Å²) in [6.07, 6.45) is 1.57. The van der Waals surface area contributed by atoms with Gasteiger partial charge in [0.25, 0.3) is 0 Å². The van der Waals surface area contributed by atoms with Gasteiger partial charge in [-0.05, 0) is 71.4 Å². The molecule has 0 amide bonds. The summed E-state index contributed by atoms with van der Waals surface area (Å²) in [4.78, 5) is 11.3. The smallest absolute Gasteiger partial charge is 0.333 e. The van der Waals surface area contributed by atoms with E-state index in [1.165, 1.54) is 16.7 Å². The van der Waals surface area contributed by atoms with Crippen LogP contribution in [0.5, 0.6) is 5.75 Å². The summed E-state index contributed by atoms with van der Waals surface area (Å²) in [6.45, 7) is 9.12. The van der Waals surface area contributed by atoms with E-state index in [-0.39, 0.29) is 0 Å². The first-order chi connectivity index (χ1) is 16.4. The van der Waals surface area contributed by atoms with Crippen molar-refractivity contribution < 1.29 is 19.4 Å². The lowest BCUT2D eigenvalue weighted by molar-refractivity contribution is -0.149. The maximum absolute atomic E-state index is 11.3. The minimum absolute atomic E-state index is 0.334. The van der Waals surface area contributed by atoms with Gasteiger partial charge in [0.1, 0.15) is 12.4 Å². The Hall–Kier alpha value is -3.37. The average molecular weight is 459 g/mol. The Balaban J connectivity index is 1.55. The normalized spacial score (nSPS) is 12.6. The fourth-order valence-corrected chi connectivity index (χ4v) is 3.72. The Bertz CT molecular complexity index is 1080. The maximum Gasteiger partial charge on any atom is 0.333 e. The van der Waals surface area contributed by atoms with Gasteiger partial charge in [0.05, 0.1) is 0 Å². The molecule has 0 radical (unpaired) electrons. The van der Waals surface area contributed by atoms with Gasteiger partial charge in [-0.1, -0.05) is 74.5 Å². The molecule has 0 aromatic heterocycles. The fourth-order valence-electron chi connectivity index (χ4n) is 3.72. The van der Waals surface area contributed by atoms with Gasteiger partial charge in [-0.15, -0.1) is 0 Å². The maximum atomic E-state index is 11.3. The van der Waals surface area contributed by atoms with Crippen molar-refractivity contribution in [2.75, 3.05) is 13.2 Å². The minimum atomic E-state index is -0.945. The van der Waals surface area contributed by atoms with E-state index in [1.54, 1.807) is 6.92 Å². The average Bonchev–Trinajstić information content (AvgIpc) is 2.85. The summed E-state index contributed by atoms with van der Waals surface area (Å²) in [5.41, 5.74) is 7.00. The summed E-state index contributed by atoms with van der Waals surface area (Å²) < 4.78 is 11.1. The molecule has 3 aromatic rings. The van der Waals surface area contributed by atoms with E-state index in [9.17, 15) is 9.90 Å². The first-order valence-electron chi connectivity index (χ1n) is 11.8. The largest absolute Gasteiger partial charge is 0.490 e. The topological polar surface area (TPSA) is 55.8 Å². The van der Waals surface area contributed by atoms with Gasteiger partial charge in [-0.25, -0.2) is 4.79 Å². The van der Waals surface area contributed by atoms with Crippen LogP contribution in [0.3, 0.4) is 0 Å². The molecule has 1 N–H and O–H groups in total. The molecule has 0 aliphatic rings. The van der Waals surface area contributed by atoms with E-state index in [1.807, 2.05) is 24.3 Å². The van der Waals surface area contributed by atoms with Crippen LogP contribution >= 0.6 is 0 Å². The van der Waals surface area contributed by atoms with E-state index in [0.29, 0.717) is 25.6 Å². The van der Waals surface area contributed by atoms with Gasteiger partial charge in [0.15, 0.2) is 6.10 Å². The third-order valence-electron chi connectivity index (χ3n) is 5.88. The van der Waals surface area contributed by atoms with Crippen LogP contribution in [-0.4, -0.2) is 30.4 Å². The van der Waals surface area contributed by atoms with Gasteiger partial charge < -0.3 is 14.6 Å². The van der Waals surface area contributed by atoms with Crippen LogP contribution in [0.15, 0.2) is 78.9 Å². The van der Waals surface area contributed by atoms with E-state index in [2.05, 4.69) is 75.4 Å². The van der Waals surface area contributed by atoms with Gasteiger partial charge in [-0.2, -0.15) is 0 Å². The van der Waals surface area contributed by atoms with Crippen LogP contribution < -0.4 is 4.74 Å². The standard InChI is InChI=1S/C30H34O4/c1-5-33-29(30(31)32)20-23-6-16-28(17-7-23)34-19-18-22(4)25-10-14-27(15-11-25)26-12-8-24(9-13-26)21(2)3/h6-18,21,29H,5,19-20H2,1-4H3,(H,31,32)/b22-18+/t29-/m0/s1. The molecule has 0 heterocycles.